The second-order valence-corrected chi connectivity index (χ2v) is 8.71. The van der Waals surface area contributed by atoms with Gasteiger partial charge in [-0.15, -0.1) is 0 Å². The van der Waals surface area contributed by atoms with Gasteiger partial charge in [0.1, 0.15) is 5.65 Å². The third kappa shape index (κ3) is 3.88. The van der Waals surface area contributed by atoms with E-state index in [1.54, 1.807) is 6.20 Å². The Morgan fingerprint density at radius 3 is 2.76 bits per heavy atom. The Kier molecular flexibility index (Phi) is 4.99. The largest absolute Gasteiger partial charge is 0.381 e. The molecule has 0 radical (unpaired) electrons. The van der Waals surface area contributed by atoms with E-state index in [0.717, 1.165) is 51.2 Å². The van der Waals surface area contributed by atoms with Gasteiger partial charge >= 0.3 is 0 Å². The number of fused-ring (bicyclic) bond motifs is 2. The number of hydrogen-bond acceptors (Lipinski definition) is 4. The highest BCUT2D eigenvalue weighted by molar-refractivity contribution is 5.94. The van der Waals surface area contributed by atoms with Crippen LogP contribution in [0.3, 0.4) is 0 Å². The van der Waals surface area contributed by atoms with Gasteiger partial charge < -0.3 is 19.4 Å². The van der Waals surface area contributed by atoms with Crippen molar-refractivity contribution in [1.82, 2.24) is 19.6 Å². The second kappa shape index (κ2) is 7.78. The van der Waals surface area contributed by atoms with Gasteiger partial charge in [0.2, 0.25) is 5.91 Å². The highest BCUT2D eigenvalue weighted by Gasteiger charge is 2.55. The standard InChI is InChI=1S/C22H28N4O3/c27-21(11-15-4-9-29-10-5-15)26-13-18-17(19(18)14-26)3-6-24-22(28)16-1-2-20-23-7-8-25(20)12-16/h1-2,7-8,12,15,17-19H,3-6,9-11,13-14H2,(H,24,28)/t17-,18-,19+. The van der Waals surface area contributed by atoms with Gasteiger partial charge in [0, 0.05) is 57.9 Å². The molecular weight excluding hydrogens is 368 g/mol. The lowest BCUT2D eigenvalue weighted by molar-refractivity contribution is -0.132. The lowest BCUT2D eigenvalue weighted by Gasteiger charge is -2.25. The van der Waals surface area contributed by atoms with Crippen LogP contribution in [0.15, 0.2) is 30.7 Å². The van der Waals surface area contributed by atoms with E-state index >= 15 is 0 Å². The first-order valence-electron chi connectivity index (χ1n) is 10.8. The second-order valence-electron chi connectivity index (χ2n) is 8.71. The molecule has 1 N–H and O–H groups in total. The van der Waals surface area contributed by atoms with Crippen LogP contribution in [-0.4, -0.2) is 58.9 Å². The van der Waals surface area contributed by atoms with Gasteiger partial charge in [-0.25, -0.2) is 4.98 Å². The summed E-state index contributed by atoms with van der Waals surface area (Å²) in [5.74, 6) is 2.70. The molecule has 0 aromatic carbocycles. The van der Waals surface area contributed by atoms with Crippen LogP contribution < -0.4 is 5.32 Å². The van der Waals surface area contributed by atoms with Crippen molar-refractivity contribution in [3.63, 3.8) is 0 Å². The minimum Gasteiger partial charge on any atom is -0.381 e. The number of nitrogens with zero attached hydrogens (tertiary/aromatic N) is 3. The molecule has 7 heteroatoms. The van der Waals surface area contributed by atoms with Crippen molar-refractivity contribution in [3.05, 3.63) is 36.3 Å². The summed E-state index contributed by atoms with van der Waals surface area (Å²) in [6, 6.07) is 3.66. The van der Waals surface area contributed by atoms with E-state index in [2.05, 4.69) is 15.2 Å². The van der Waals surface area contributed by atoms with E-state index in [9.17, 15) is 9.59 Å². The molecule has 0 bridgehead atoms. The zero-order chi connectivity index (χ0) is 19.8. The molecule has 3 fully saturated rings. The number of nitrogens with one attached hydrogen (secondary N) is 1. The summed E-state index contributed by atoms with van der Waals surface area (Å²) in [5, 5.41) is 3.04. The van der Waals surface area contributed by atoms with Crippen LogP contribution in [0, 0.1) is 23.7 Å². The Bertz CT molecular complexity index is 892. The van der Waals surface area contributed by atoms with Crippen molar-refractivity contribution in [2.75, 3.05) is 32.8 Å². The molecule has 2 aromatic heterocycles. The summed E-state index contributed by atoms with van der Waals surface area (Å²) in [5.41, 5.74) is 1.49. The molecule has 2 saturated heterocycles. The van der Waals surface area contributed by atoms with Crippen LogP contribution in [0.25, 0.3) is 5.65 Å². The fraction of sp³-hybridized carbons (Fsp3) is 0.591. The van der Waals surface area contributed by atoms with Crippen molar-refractivity contribution >= 4 is 17.5 Å². The smallest absolute Gasteiger partial charge is 0.252 e. The molecule has 154 valence electrons. The number of likely N-dealkylation sites (tertiary alicyclic amines) is 1. The fourth-order valence-corrected chi connectivity index (χ4v) is 5.12. The van der Waals surface area contributed by atoms with E-state index in [4.69, 9.17) is 4.74 Å². The van der Waals surface area contributed by atoms with Crippen LogP contribution in [0.2, 0.25) is 0 Å². The van der Waals surface area contributed by atoms with E-state index in [0.29, 0.717) is 48.1 Å². The predicted molar refractivity (Wildman–Crippen MR) is 107 cm³/mol. The van der Waals surface area contributed by atoms with Crippen molar-refractivity contribution in [1.29, 1.82) is 0 Å². The van der Waals surface area contributed by atoms with Gasteiger partial charge in [-0.3, -0.25) is 9.59 Å². The molecule has 2 amide bonds. The summed E-state index contributed by atoms with van der Waals surface area (Å²) in [7, 11) is 0. The first-order valence-corrected chi connectivity index (χ1v) is 10.8. The Morgan fingerprint density at radius 1 is 1.17 bits per heavy atom. The lowest BCUT2D eigenvalue weighted by Crippen LogP contribution is -2.34. The highest BCUT2D eigenvalue weighted by atomic mass is 16.5. The molecule has 0 unspecified atom stereocenters. The summed E-state index contributed by atoms with van der Waals surface area (Å²) < 4.78 is 7.24. The van der Waals surface area contributed by atoms with Crippen LogP contribution >= 0.6 is 0 Å². The normalized spacial score (nSPS) is 26.5. The maximum atomic E-state index is 12.5. The minimum absolute atomic E-state index is 0.0420. The van der Waals surface area contributed by atoms with Crippen molar-refractivity contribution < 1.29 is 14.3 Å². The molecule has 0 spiro atoms. The average molecular weight is 396 g/mol. The van der Waals surface area contributed by atoms with Crippen LogP contribution in [0.1, 0.15) is 36.0 Å². The summed E-state index contributed by atoms with van der Waals surface area (Å²) in [6.45, 7) is 4.10. The van der Waals surface area contributed by atoms with Crippen molar-refractivity contribution in [2.45, 2.75) is 25.7 Å². The summed E-state index contributed by atoms with van der Waals surface area (Å²) >= 11 is 0. The van der Waals surface area contributed by atoms with Gasteiger partial charge in [0.25, 0.3) is 5.91 Å². The minimum atomic E-state index is -0.0420. The number of carbonyl (C=O) groups is 2. The topological polar surface area (TPSA) is 75.9 Å². The third-order valence-corrected chi connectivity index (χ3v) is 6.94. The van der Waals surface area contributed by atoms with E-state index < -0.39 is 0 Å². The summed E-state index contributed by atoms with van der Waals surface area (Å²) in [6.07, 6.45) is 9.09. The third-order valence-electron chi connectivity index (χ3n) is 6.94. The highest BCUT2D eigenvalue weighted by Crippen LogP contribution is 2.53. The molecular formula is C22H28N4O3. The maximum absolute atomic E-state index is 12.5. The molecule has 3 atom stereocenters. The number of amides is 2. The van der Waals surface area contributed by atoms with Gasteiger partial charge in [-0.2, -0.15) is 0 Å². The predicted octanol–water partition coefficient (Wildman–Crippen LogP) is 1.98. The number of imidazole rings is 1. The van der Waals surface area contributed by atoms with E-state index in [1.165, 1.54) is 0 Å². The Morgan fingerprint density at radius 2 is 1.97 bits per heavy atom. The fourth-order valence-electron chi connectivity index (χ4n) is 5.12. The first kappa shape index (κ1) is 18.6. The summed E-state index contributed by atoms with van der Waals surface area (Å²) in [4.78, 5) is 31.2. The monoisotopic (exact) mass is 396 g/mol. The molecule has 29 heavy (non-hydrogen) atoms. The quantitative estimate of drug-likeness (QED) is 0.810. The van der Waals surface area contributed by atoms with E-state index in [1.807, 2.05) is 28.9 Å². The molecule has 2 aliphatic heterocycles. The van der Waals surface area contributed by atoms with Crippen LogP contribution in [0.4, 0.5) is 0 Å². The number of rotatable bonds is 6. The number of hydrogen-bond donors (Lipinski definition) is 1. The number of aromatic nitrogens is 2. The number of pyridine rings is 1. The Hall–Kier alpha value is -2.41. The molecule has 3 aliphatic rings. The molecule has 4 heterocycles. The zero-order valence-corrected chi connectivity index (χ0v) is 16.6. The molecule has 7 nitrogen and oxygen atoms in total. The lowest BCUT2D eigenvalue weighted by atomic mass is 9.96. The van der Waals surface area contributed by atoms with Crippen LogP contribution in [0.5, 0.6) is 0 Å². The zero-order valence-electron chi connectivity index (χ0n) is 16.6. The Balaban J connectivity index is 1.03. The molecule has 5 rings (SSSR count). The van der Waals surface area contributed by atoms with Crippen LogP contribution in [-0.2, 0) is 9.53 Å². The van der Waals surface area contributed by atoms with Gasteiger partial charge in [-0.1, -0.05) is 0 Å². The Labute approximate surface area is 170 Å². The maximum Gasteiger partial charge on any atom is 0.252 e. The number of carbonyl (C=O) groups excluding carboxylic acids is 2. The average Bonchev–Trinajstić information content (AvgIpc) is 3.11. The van der Waals surface area contributed by atoms with Gasteiger partial charge in [0.15, 0.2) is 0 Å². The van der Waals surface area contributed by atoms with Crippen molar-refractivity contribution in [2.24, 2.45) is 23.7 Å². The number of ether oxygens (including phenoxy) is 1. The molecule has 1 aliphatic carbocycles. The van der Waals surface area contributed by atoms with Gasteiger partial charge in [0.05, 0.1) is 5.56 Å². The first-order chi connectivity index (χ1) is 14.2. The molecule has 1 saturated carbocycles. The number of piperidine rings is 1. The van der Waals surface area contributed by atoms with Crippen molar-refractivity contribution in [3.8, 4) is 0 Å². The van der Waals surface area contributed by atoms with Gasteiger partial charge in [-0.05, 0) is 55.1 Å². The SMILES string of the molecule is O=C(NCC[C@@H]1[C@H]2CN(C(=O)CC3CCOCC3)C[C@@H]12)c1ccc2nccn2c1. The molecule has 2 aromatic rings. The van der Waals surface area contributed by atoms with E-state index in [-0.39, 0.29) is 5.91 Å².